The lowest BCUT2D eigenvalue weighted by Crippen LogP contribution is -2.21. The number of ether oxygens (including phenoxy) is 1. The molecular weight excluding hydrogens is 259 g/mol. The monoisotopic (exact) mass is 279 g/mol. The predicted molar refractivity (Wildman–Crippen MR) is 65.5 cm³/mol. The minimum Gasteiger partial charge on any atom is -0.370 e. The molecule has 0 amide bonds. The third kappa shape index (κ3) is 6.07. The van der Waals surface area contributed by atoms with Crippen LogP contribution in [0.5, 0.6) is 0 Å². The standard InChI is InChI=1S/C12H20F3N3O/c1-9(2)5-10(16)11-6-17-8-18(11)3-4-19-7-12(13,14)15/h6,8-10H,3-5,7,16H2,1-2H3. The first-order chi connectivity index (χ1) is 8.79. The molecule has 0 aromatic carbocycles. The minimum absolute atomic E-state index is 0.0166. The van der Waals surface area contributed by atoms with Gasteiger partial charge in [-0.25, -0.2) is 4.98 Å². The summed E-state index contributed by atoms with van der Waals surface area (Å²) in [7, 11) is 0. The number of nitrogens with zero attached hydrogens (tertiary/aromatic N) is 2. The van der Waals surface area contributed by atoms with Gasteiger partial charge in [0.2, 0.25) is 0 Å². The van der Waals surface area contributed by atoms with Gasteiger partial charge in [-0.15, -0.1) is 0 Å². The van der Waals surface area contributed by atoms with Crippen LogP contribution in [0.2, 0.25) is 0 Å². The molecular formula is C12H20F3N3O. The predicted octanol–water partition coefficient (Wildman–Crippen LogP) is 2.51. The largest absolute Gasteiger partial charge is 0.411 e. The Labute approximate surface area is 110 Å². The van der Waals surface area contributed by atoms with Crippen molar-refractivity contribution in [3.63, 3.8) is 0 Å². The molecule has 1 aromatic heterocycles. The Morgan fingerprint density at radius 1 is 1.42 bits per heavy atom. The molecule has 7 heteroatoms. The van der Waals surface area contributed by atoms with Crippen molar-refractivity contribution in [2.75, 3.05) is 13.2 Å². The van der Waals surface area contributed by atoms with Crippen LogP contribution in [-0.4, -0.2) is 28.9 Å². The molecule has 0 spiro atoms. The van der Waals surface area contributed by atoms with Crippen LogP contribution in [-0.2, 0) is 11.3 Å². The summed E-state index contributed by atoms with van der Waals surface area (Å²) in [6, 6.07) is -0.162. The van der Waals surface area contributed by atoms with Crippen molar-refractivity contribution in [3.05, 3.63) is 18.2 Å². The van der Waals surface area contributed by atoms with Gasteiger partial charge in [-0.3, -0.25) is 0 Å². The van der Waals surface area contributed by atoms with Gasteiger partial charge in [0, 0.05) is 18.8 Å². The fraction of sp³-hybridized carbons (Fsp3) is 0.750. The molecule has 0 saturated carbocycles. The van der Waals surface area contributed by atoms with Crippen molar-refractivity contribution in [1.82, 2.24) is 9.55 Å². The molecule has 0 radical (unpaired) electrons. The van der Waals surface area contributed by atoms with Gasteiger partial charge < -0.3 is 15.0 Å². The molecule has 1 rings (SSSR count). The lowest BCUT2D eigenvalue weighted by Gasteiger charge is -2.16. The molecule has 0 bridgehead atoms. The van der Waals surface area contributed by atoms with Crippen molar-refractivity contribution in [2.45, 2.75) is 39.0 Å². The van der Waals surface area contributed by atoms with Crippen molar-refractivity contribution < 1.29 is 17.9 Å². The maximum Gasteiger partial charge on any atom is 0.411 e. The first-order valence-electron chi connectivity index (χ1n) is 6.19. The van der Waals surface area contributed by atoms with E-state index >= 15 is 0 Å². The summed E-state index contributed by atoms with van der Waals surface area (Å²) in [5.74, 6) is 0.444. The van der Waals surface area contributed by atoms with Gasteiger partial charge >= 0.3 is 6.18 Å². The zero-order chi connectivity index (χ0) is 14.5. The van der Waals surface area contributed by atoms with Crippen molar-refractivity contribution >= 4 is 0 Å². The molecule has 1 atom stereocenters. The number of imidazole rings is 1. The van der Waals surface area contributed by atoms with Crippen molar-refractivity contribution in [3.8, 4) is 0 Å². The molecule has 0 aliphatic rings. The summed E-state index contributed by atoms with van der Waals surface area (Å²) >= 11 is 0. The van der Waals surface area contributed by atoms with Gasteiger partial charge in [-0.1, -0.05) is 13.8 Å². The Hall–Kier alpha value is -1.08. The van der Waals surface area contributed by atoms with Gasteiger partial charge in [0.1, 0.15) is 6.61 Å². The fourth-order valence-electron chi connectivity index (χ4n) is 1.81. The SMILES string of the molecule is CC(C)CC(N)c1cncn1CCOCC(F)(F)F. The lowest BCUT2D eigenvalue weighted by molar-refractivity contribution is -0.174. The molecule has 2 N–H and O–H groups in total. The minimum atomic E-state index is -4.29. The van der Waals surface area contributed by atoms with E-state index in [9.17, 15) is 13.2 Å². The number of halogens is 3. The second kappa shape index (κ2) is 6.91. The fourth-order valence-corrected chi connectivity index (χ4v) is 1.81. The molecule has 1 heterocycles. The van der Waals surface area contributed by atoms with Crippen LogP contribution in [0, 0.1) is 5.92 Å². The molecule has 1 aromatic rings. The van der Waals surface area contributed by atoms with E-state index in [0.717, 1.165) is 12.1 Å². The van der Waals surface area contributed by atoms with Crippen LogP contribution in [0.4, 0.5) is 13.2 Å². The first-order valence-corrected chi connectivity index (χ1v) is 6.19. The van der Waals surface area contributed by atoms with Crippen LogP contribution in [0.3, 0.4) is 0 Å². The molecule has 0 aliphatic heterocycles. The average molecular weight is 279 g/mol. The average Bonchev–Trinajstić information content (AvgIpc) is 2.70. The Morgan fingerprint density at radius 2 is 2.11 bits per heavy atom. The normalized spacial score (nSPS) is 14.1. The summed E-state index contributed by atoms with van der Waals surface area (Å²) < 4.78 is 42.0. The van der Waals surface area contributed by atoms with E-state index in [-0.39, 0.29) is 12.6 Å². The van der Waals surface area contributed by atoms with Gasteiger partial charge in [-0.05, 0) is 12.3 Å². The third-order valence-corrected chi connectivity index (χ3v) is 2.59. The zero-order valence-corrected chi connectivity index (χ0v) is 11.2. The number of alkyl halides is 3. The van der Waals surface area contributed by atoms with Gasteiger partial charge in [0.05, 0.1) is 18.6 Å². The van der Waals surface area contributed by atoms with Crippen LogP contribution >= 0.6 is 0 Å². The van der Waals surface area contributed by atoms with Gasteiger partial charge in [-0.2, -0.15) is 13.2 Å². The number of nitrogens with two attached hydrogens (primary N) is 1. The van der Waals surface area contributed by atoms with Crippen molar-refractivity contribution in [1.29, 1.82) is 0 Å². The van der Waals surface area contributed by atoms with E-state index in [1.165, 1.54) is 0 Å². The highest BCUT2D eigenvalue weighted by Crippen LogP contribution is 2.18. The molecule has 110 valence electrons. The second-order valence-electron chi connectivity index (χ2n) is 4.92. The van der Waals surface area contributed by atoms with E-state index in [1.807, 2.05) is 0 Å². The maximum absolute atomic E-state index is 11.9. The number of aromatic nitrogens is 2. The number of hydrogen-bond acceptors (Lipinski definition) is 3. The van der Waals surface area contributed by atoms with E-state index in [1.54, 1.807) is 17.1 Å². The summed E-state index contributed by atoms with van der Waals surface area (Å²) in [6.07, 6.45) is -0.274. The highest BCUT2D eigenvalue weighted by Gasteiger charge is 2.27. The van der Waals surface area contributed by atoms with Crippen LogP contribution in [0.1, 0.15) is 32.0 Å². The molecule has 4 nitrogen and oxygen atoms in total. The zero-order valence-electron chi connectivity index (χ0n) is 11.2. The Kier molecular flexibility index (Phi) is 5.81. The molecule has 0 fully saturated rings. The number of hydrogen-bond donors (Lipinski definition) is 1. The van der Waals surface area contributed by atoms with E-state index in [0.29, 0.717) is 12.5 Å². The smallest absolute Gasteiger partial charge is 0.370 e. The van der Waals surface area contributed by atoms with E-state index < -0.39 is 12.8 Å². The molecule has 0 aliphatic carbocycles. The van der Waals surface area contributed by atoms with Crippen LogP contribution in [0.15, 0.2) is 12.5 Å². The Bertz CT molecular complexity index is 377. The molecule has 1 unspecified atom stereocenters. The quantitative estimate of drug-likeness (QED) is 0.780. The van der Waals surface area contributed by atoms with Gasteiger partial charge in [0.15, 0.2) is 0 Å². The molecule has 19 heavy (non-hydrogen) atoms. The topological polar surface area (TPSA) is 53.1 Å². The second-order valence-corrected chi connectivity index (χ2v) is 4.92. The Balaban J connectivity index is 2.45. The third-order valence-electron chi connectivity index (χ3n) is 2.59. The van der Waals surface area contributed by atoms with Crippen LogP contribution < -0.4 is 5.73 Å². The van der Waals surface area contributed by atoms with Crippen molar-refractivity contribution in [2.24, 2.45) is 11.7 Å². The summed E-state index contributed by atoms with van der Waals surface area (Å²) in [5, 5.41) is 0. The number of rotatable bonds is 7. The van der Waals surface area contributed by atoms with E-state index in [2.05, 4.69) is 23.6 Å². The lowest BCUT2D eigenvalue weighted by atomic mass is 10.0. The Morgan fingerprint density at radius 3 is 2.68 bits per heavy atom. The maximum atomic E-state index is 11.9. The molecule has 0 saturated heterocycles. The first kappa shape index (κ1) is 16.0. The summed E-state index contributed by atoms with van der Waals surface area (Å²) in [4.78, 5) is 3.98. The highest BCUT2D eigenvalue weighted by molar-refractivity contribution is 5.04. The van der Waals surface area contributed by atoms with Crippen LogP contribution in [0.25, 0.3) is 0 Å². The summed E-state index contributed by atoms with van der Waals surface area (Å²) in [5.41, 5.74) is 6.86. The van der Waals surface area contributed by atoms with Gasteiger partial charge in [0.25, 0.3) is 0 Å². The highest BCUT2D eigenvalue weighted by atomic mass is 19.4. The van der Waals surface area contributed by atoms with E-state index in [4.69, 9.17) is 5.73 Å². The summed E-state index contributed by atoms with van der Waals surface area (Å²) in [6.45, 7) is 3.20.